The van der Waals surface area contributed by atoms with Crippen LogP contribution in [0.15, 0.2) is 42.2 Å². The number of fused-ring (bicyclic) bond motifs is 3. The highest BCUT2D eigenvalue weighted by Crippen LogP contribution is 2.47. The van der Waals surface area contributed by atoms with Crippen LogP contribution in [0.3, 0.4) is 0 Å². The van der Waals surface area contributed by atoms with Crippen LogP contribution in [-0.4, -0.2) is 4.83 Å². The lowest BCUT2D eigenvalue weighted by Gasteiger charge is -2.17. The third-order valence-electron chi connectivity index (χ3n) is 2.72. The number of benzene rings is 1. The molecule has 15 heavy (non-hydrogen) atoms. The van der Waals surface area contributed by atoms with Crippen LogP contribution in [0.4, 0.5) is 0 Å². The van der Waals surface area contributed by atoms with E-state index in [4.69, 9.17) is 16.3 Å². The van der Waals surface area contributed by atoms with Gasteiger partial charge >= 0.3 is 0 Å². The number of hydrogen-bond acceptors (Lipinski definition) is 1. The molecule has 3 rings (SSSR count). The summed E-state index contributed by atoms with van der Waals surface area (Å²) < 4.78 is 5.76. The summed E-state index contributed by atoms with van der Waals surface area (Å²) >= 11 is 9.63. The maximum Gasteiger partial charge on any atom is 0.131 e. The lowest BCUT2D eigenvalue weighted by atomic mass is 9.92. The number of ether oxygens (including phenoxy) is 1. The molecule has 2 atom stereocenters. The topological polar surface area (TPSA) is 9.23 Å². The van der Waals surface area contributed by atoms with Gasteiger partial charge in [-0.2, -0.15) is 0 Å². The smallest absolute Gasteiger partial charge is 0.131 e. The Morgan fingerprint density at radius 3 is 3.07 bits per heavy atom. The zero-order valence-corrected chi connectivity index (χ0v) is 10.1. The number of allylic oxidation sites excluding steroid dienone is 4. The van der Waals surface area contributed by atoms with E-state index in [9.17, 15) is 0 Å². The zero-order valence-electron chi connectivity index (χ0n) is 7.78. The summed E-state index contributed by atoms with van der Waals surface area (Å²) in [5, 5.41) is 0.757. The first-order valence-corrected chi connectivity index (χ1v) is 6.05. The van der Waals surface area contributed by atoms with Gasteiger partial charge < -0.3 is 4.74 Å². The van der Waals surface area contributed by atoms with Crippen LogP contribution in [0.25, 0.3) is 0 Å². The van der Waals surface area contributed by atoms with Gasteiger partial charge in [0.05, 0.1) is 5.92 Å². The Kier molecular flexibility index (Phi) is 2.15. The molecule has 1 aromatic carbocycles. The summed E-state index contributed by atoms with van der Waals surface area (Å²) in [5.74, 6) is 2.18. The summed E-state index contributed by atoms with van der Waals surface area (Å²) in [5.41, 5.74) is 1.17. The molecule has 2 aliphatic rings. The van der Waals surface area contributed by atoms with Crippen LogP contribution in [0.5, 0.6) is 5.75 Å². The van der Waals surface area contributed by atoms with Gasteiger partial charge in [0.25, 0.3) is 0 Å². The lowest BCUT2D eigenvalue weighted by Crippen LogP contribution is -2.12. The molecule has 0 N–H and O–H groups in total. The molecule has 76 valence electrons. The molecule has 0 amide bonds. The van der Waals surface area contributed by atoms with Crippen molar-refractivity contribution in [2.75, 3.05) is 0 Å². The average molecular weight is 284 g/mol. The van der Waals surface area contributed by atoms with Crippen molar-refractivity contribution < 1.29 is 4.74 Å². The fourth-order valence-corrected chi connectivity index (χ4v) is 2.93. The molecule has 0 bridgehead atoms. The fraction of sp³-hybridized carbons (Fsp3) is 0.167. The first-order chi connectivity index (χ1) is 7.25. The van der Waals surface area contributed by atoms with Crippen molar-refractivity contribution in [3.05, 3.63) is 52.8 Å². The van der Waals surface area contributed by atoms with Gasteiger partial charge in [0.2, 0.25) is 0 Å². The minimum Gasteiger partial charge on any atom is -0.461 e. The Morgan fingerprint density at radius 1 is 1.33 bits per heavy atom. The molecule has 0 spiro atoms. The van der Waals surface area contributed by atoms with Crippen LogP contribution >= 0.6 is 27.5 Å². The van der Waals surface area contributed by atoms with Gasteiger partial charge in [-0.25, -0.2) is 0 Å². The van der Waals surface area contributed by atoms with Gasteiger partial charge in [-0.15, -0.1) is 0 Å². The largest absolute Gasteiger partial charge is 0.461 e. The van der Waals surface area contributed by atoms with Crippen molar-refractivity contribution >= 4 is 27.5 Å². The molecule has 0 fully saturated rings. The second-order valence-corrected chi connectivity index (χ2v) is 5.15. The zero-order chi connectivity index (χ0) is 10.4. The van der Waals surface area contributed by atoms with E-state index < -0.39 is 0 Å². The van der Waals surface area contributed by atoms with Gasteiger partial charge in [-0.05, 0) is 24.3 Å². The molecule has 0 aromatic heterocycles. The Bertz CT molecular complexity index is 479. The van der Waals surface area contributed by atoms with Crippen molar-refractivity contribution in [1.29, 1.82) is 0 Å². The minimum absolute atomic E-state index is 0.267. The van der Waals surface area contributed by atoms with Crippen LogP contribution in [0.1, 0.15) is 11.5 Å². The maximum absolute atomic E-state index is 5.99. The molecule has 0 saturated heterocycles. The predicted octanol–water partition coefficient (Wildman–Crippen LogP) is 4.03. The van der Waals surface area contributed by atoms with Gasteiger partial charge in [-0.3, -0.25) is 0 Å². The third-order valence-corrected chi connectivity index (χ3v) is 3.78. The van der Waals surface area contributed by atoms with Crippen molar-refractivity contribution in [3.8, 4) is 5.75 Å². The minimum atomic E-state index is 0.267. The standard InChI is InChI=1S/C12H8BrClO/c13-9-2-1-3-11-12(9)8-6-7(14)4-5-10(8)15-11/h1-6,9,12H. The average Bonchev–Trinajstić information content (AvgIpc) is 2.57. The molecule has 1 heterocycles. The Hall–Kier alpha value is -0.730. The van der Waals surface area contributed by atoms with Crippen molar-refractivity contribution in [2.45, 2.75) is 10.7 Å². The molecular formula is C12H8BrClO. The molecule has 0 saturated carbocycles. The monoisotopic (exact) mass is 282 g/mol. The van der Waals surface area contributed by atoms with Gasteiger partial charge in [0.1, 0.15) is 11.5 Å². The number of alkyl halides is 1. The summed E-state index contributed by atoms with van der Waals surface area (Å²) in [6.07, 6.45) is 6.14. The first-order valence-electron chi connectivity index (χ1n) is 4.75. The Balaban J connectivity index is 2.15. The van der Waals surface area contributed by atoms with E-state index in [0.29, 0.717) is 0 Å². The fourth-order valence-electron chi connectivity index (χ4n) is 2.03. The molecule has 2 unspecified atom stereocenters. The Labute approximate surface area is 102 Å². The normalized spacial score (nSPS) is 26.7. The second kappa shape index (κ2) is 3.39. The molecule has 0 radical (unpaired) electrons. The highest BCUT2D eigenvalue weighted by molar-refractivity contribution is 9.09. The molecule has 3 heteroatoms. The summed E-state index contributed by atoms with van der Waals surface area (Å²) in [4.78, 5) is 0.289. The van der Waals surface area contributed by atoms with E-state index >= 15 is 0 Å². The van der Waals surface area contributed by atoms with Crippen LogP contribution in [-0.2, 0) is 0 Å². The quantitative estimate of drug-likeness (QED) is 0.653. The highest BCUT2D eigenvalue weighted by atomic mass is 79.9. The van der Waals surface area contributed by atoms with E-state index in [1.807, 2.05) is 30.4 Å². The highest BCUT2D eigenvalue weighted by Gasteiger charge is 2.35. The van der Waals surface area contributed by atoms with E-state index in [1.165, 1.54) is 5.56 Å². The number of halogens is 2. The summed E-state index contributed by atoms with van der Waals surface area (Å²) in [6.45, 7) is 0. The predicted molar refractivity (Wildman–Crippen MR) is 64.8 cm³/mol. The van der Waals surface area contributed by atoms with Crippen molar-refractivity contribution in [1.82, 2.24) is 0 Å². The molecular weight excluding hydrogens is 275 g/mol. The number of hydrogen-bond donors (Lipinski definition) is 0. The second-order valence-electron chi connectivity index (χ2n) is 3.66. The number of rotatable bonds is 0. The SMILES string of the molecule is Clc1ccc2c(c1)C1C(=CC=CC1Br)O2. The van der Waals surface area contributed by atoms with E-state index in [1.54, 1.807) is 0 Å². The molecule has 1 aromatic rings. The van der Waals surface area contributed by atoms with Gasteiger partial charge in [0.15, 0.2) is 0 Å². The van der Waals surface area contributed by atoms with Crippen LogP contribution in [0, 0.1) is 0 Å². The maximum atomic E-state index is 5.99. The lowest BCUT2D eigenvalue weighted by molar-refractivity contribution is 0.427. The van der Waals surface area contributed by atoms with E-state index in [2.05, 4.69) is 22.0 Å². The van der Waals surface area contributed by atoms with E-state index in [-0.39, 0.29) is 10.7 Å². The van der Waals surface area contributed by atoms with Crippen molar-refractivity contribution in [2.24, 2.45) is 0 Å². The summed E-state index contributed by atoms with van der Waals surface area (Å²) in [7, 11) is 0. The first kappa shape index (κ1) is 9.49. The molecule has 1 nitrogen and oxygen atoms in total. The Morgan fingerprint density at radius 2 is 2.20 bits per heavy atom. The molecule has 1 aliphatic heterocycles. The summed E-state index contributed by atoms with van der Waals surface area (Å²) in [6, 6.07) is 5.77. The van der Waals surface area contributed by atoms with E-state index in [0.717, 1.165) is 16.5 Å². The third kappa shape index (κ3) is 1.44. The van der Waals surface area contributed by atoms with Gasteiger partial charge in [0, 0.05) is 15.4 Å². The molecule has 1 aliphatic carbocycles. The van der Waals surface area contributed by atoms with Crippen LogP contribution < -0.4 is 4.74 Å². The van der Waals surface area contributed by atoms with Gasteiger partial charge in [-0.1, -0.05) is 39.7 Å². The van der Waals surface area contributed by atoms with Crippen molar-refractivity contribution in [3.63, 3.8) is 0 Å². The van der Waals surface area contributed by atoms with Crippen LogP contribution in [0.2, 0.25) is 5.02 Å².